The van der Waals surface area contributed by atoms with Crippen LogP contribution in [0.4, 0.5) is 0 Å². The van der Waals surface area contributed by atoms with Crippen LogP contribution in [0, 0.1) is 0 Å². The fourth-order valence-corrected chi connectivity index (χ4v) is 2.73. The van der Waals surface area contributed by atoms with Crippen LogP contribution in [0.2, 0.25) is 10.0 Å². The number of hydrogen-bond acceptors (Lipinski definition) is 3. The minimum atomic E-state index is -0.402. The Morgan fingerprint density at radius 1 is 1.08 bits per heavy atom. The van der Waals surface area contributed by atoms with Gasteiger partial charge in [-0.3, -0.25) is 9.89 Å². The fraction of sp³-hybridized carbons (Fsp3) is 0. The van der Waals surface area contributed by atoms with E-state index in [-0.39, 0.29) is 5.69 Å². The Morgan fingerprint density at radius 3 is 2.54 bits per heavy atom. The second kappa shape index (κ2) is 8.47. The molecule has 2 aromatic carbocycles. The Hall–Kier alpha value is -2.89. The Kier molecular flexibility index (Phi) is 5.84. The number of carbonyl (C=O) groups excluding carboxylic acids is 1. The molecule has 0 fully saturated rings. The Bertz CT molecular complexity index is 944. The average molecular weight is 385 g/mol. The molecule has 26 heavy (non-hydrogen) atoms. The lowest BCUT2D eigenvalue weighted by Gasteiger charge is -1.98. The number of hydrogen-bond donors (Lipinski definition) is 2. The van der Waals surface area contributed by atoms with Crippen molar-refractivity contribution in [2.24, 2.45) is 5.10 Å². The number of rotatable bonds is 5. The van der Waals surface area contributed by atoms with E-state index in [1.54, 1.807) is 30.3 Å². The molecule has 1 aromatic heterocycles. The number of aromatic amines is 1. The summed E-state index contributed by atoms with van der Waals surface area (Å²) in [6, 6.07) is 16.5. The number of halogens is 2. The van der Waals surface area contributed by atoms with Crippen LogP contribution in [-0.2, 0) is 0 Å². The van der Waals surface area contributed by atoms with Crippen LogP contribution < -0.4 is 5.43 Å². The van der Waals surface area contributed by atoms with E-state index in [1.165, 1.54) is 6.21 Å². The molecule has 2 N–H and O–H groups in total. The first-order valence-corrected chi connectivity index (χ1v) is 8.44. The van der Waals surface area contributed by atoms with Crippen molar-refractivity contribution in [1.29, 1.82) is 0 Å². The fourth-order valence-electron chi connectivity index (χ4n) is 2.21. The molecule has 0 spiro atoms. The van der Waals surface area contributed by atoms with Gasteiger partial charge in [0.05, 0.1) is 5.69 Å². The summed E-state index contributed by atoms with van der Waals surface area (Å²) in [7, 11) is 0. The highest BCUT2D eigenvalue weighted by molar-refractivity contribution is 6.35. The highest BCUT2D eigenvalue weighted by Gasteiger charge is 2.11. The molecular weight excluding hydrogens is 371 g/mol. The summed E-state index contributed by atoms with van der Waals surface area (Å²) >= 11 is 12.0. The van der Waals surface area contributed by atoms with E-state index in [0.717, 1.165) is 5.56 Å². The van der Waals surface area contributed by atoms with Gasteiger partial charge in [-0.15, -0.1) is 0 Å². The zero-order chi connectivity index (χ0) is 18.4. The van der Waals surface area contributed by atoms with Crippen LogP contribution in [0.25, 0.3) is 17.3 Å². The molecule has 0 aliphatic heterocycles. The summed E-state index contributed by atoms with van der Waals surface area (Å²) in [5.41, 5.74) is 5.03. The zero-order valence-electron chi connectivity index (χ0n) is 13.5. The number of aromatic nitrogens is 2. The number of allylic oxidation sites excluding steroid dienone is 1. The molecule has 3 rings (SSSR count). The Balaban J connectivity index is 1.61. The second-order valence-electron chi connectivity index (χ2n) is 5.31. The molecule has 0 unspecified atom stereocenters. The maximum atomic E-state index is 12.1. The predicted octanol–water partition coefficient (Wildman–Crippen LogP) is 4.81. The molecule has 5 nitrogen and oxygen atoms in total. The maximum absolute atomic E-state index is 12.1. The van der Waals surface area contributed by atoms with Gasteiger partial charge in [0.25, 0.3) is 5.91 Å². The van der Waals surface area contributed by atoms with E-state index in [1.807, 2.05) is 36.4 Å². The van der Waals surface area contributed by atoms with Crippen molar-refractivity contribution in [1.82, 2.24) is 15.6 Å². The van der Waals surface area contributed by atoms with Crippen molar-refractivity contribution < 1.29 is 4.79 Å². The van der Waals surface area contributed by atoms with Gasteiger partial charge in [-0.1, -0.05) is 59.6 Å². The van der Waals surface area contributed by atoms with E-state index in [2.05, 4.69) is 20.7 Å². The van der Waals surface area contributed by atoms with E-state index in [0.29, 0.717) is 21.3 Å². The van der Waals surface area contributed by atoms with E-state index in [9.17, 15) is 4.79 Å². The molecule has 0 radical (unpaired) electrons. The molecule has 1 amide bonds. The number of nitrogens with zero attached hydrogens (tertiary/aromatic N) is 2. The Morgan fingerprint density at radius 2 is 1.81 bits per heavy atom. The summed E-state index contributed by atoms with van der Waals surface area (Å²) in [5.74, 6) is -0.402. The summed E-state index contributed by atoms with van der Waals surface area (Å²) in [5, 5.41) is 11.6. The van der Waals surface area contributed by atoms with Gasteiger partial charge in [0.15, 0.2) is 0 Å². The third-order valence-electron chi connectivity index (χ3n) is 3.40. The molecule has 0 saturated heterocycles. The monoisotopic (exact) mass is 384 g/mol. The van der Waals surface area contributed by atoms with Crippen molar-refractivity contribution >= 4 is 41.4 Å². The minimum absolute atomic E-state index is 0.278. The molecule has 3 aromatic rings. The van der Waals surface area contributed by atoms with Crippen LogP contribution in [0.1, 0.15) is 16.1 Å². The number of amides is 1. The molecule has 0 atom stereocenters. The van der Waals surface area contributed by atoms with Crippen LogP contribution in [0.3, 0.4) is 0 Å². The molecular formula is C19H14Cl2N4O. The number of benzene rings is 2. The molecule has 130 valence electrons. The third kappa shape index (κ3) is 4.81. The molecule has 0 aliphatic carbocycles. The van der Waals surface area contributed by atoms with Gasteiger partial charge in [0.2, 0.25) is 0 Å². The smallest absolute Gasteiger partial charge is 0.272 e. The standard InChI is InChI=1S/C19H14Cl2N4O/c20-15-9-14(10-16(21)11-15)17-12-18(24-23-17)19(26)25-22-8-4-7-13-5-2-1-3-6-13/h1-12H,(H,23,24)(H,25,26)/b7-4+,22-8-. The van der Waals surface area contributed by atoms with Crippen molar-refractivity contribution in [3.05, 3.63) is 82.0 Å². The van der Waals surface area contributed by atoms with E-state index >= 15 is 0 Å². The summed E-state index contributed by atoms with van der Waals surface area (Å²) in [6.07, 6.45) is 5.12. The SMILES string of the molecule is O=C(N/N=C\C=C\c1ccccc1)c1cc(-c2cc(Cl)cc(Cl)c2)n[nH]1. The zero-order valence-corrected chi connectivity index (χ0v) is 15.0. The van der Waals surface area contributed by atoms with Crippen molar-refractivity contribution in [3.63, 3.8) is 0 Å². The Labute approximate surface area is 160 Å². The van der Waals surface area contributed by atoms with Crippen LogP contribution >= 0.6 is 23.2 Å². The van der Waals surface area contributed by atoms with Gasteiger partial charge >= 0.3 is 0 Å². The van der Waals surface area contributed by atoms with Crippen molar-refractivity contribution in [2.45, 2.75) is 0 Å². The van der Waals surface area contributed by atoms with E-state index < -0.39 is 5.91 Å². The van der Waals surface area contributed by atoms with Crippen LogP contribution in [0.5, 0.6) is 0 Å². The molecule has 0 saturated carbocycles. The normalized spacial score (nSPS) is 11.3. The highest BCUT2D eigenvalue weighted by atomic mass is 35.5. The first-order valence-electron chi connectivity index (χ1n) is 7.69. The topological polar surface area (TPSA) is 70.1 Å². The lowest BCUT2D eigenvalue weighted by molar-refractivity contribution is 0.0950. The maximum Gasteiger partial charge on any atom is 0.289 e. The van der Waals surface area contributed by atoms with Crippen LogP contribution in [-0.4, -0.2) is 22.3 Å². The van der Waals surface area contributed by atoms with Gasteiger partial charge in [0, 0.05) is 21.8 Å². The minimum Gasteiger partial charge on any atom is -0.272 e. The van der Waals surface area contributed by atoms with Gasteiger partial charge in [0.1, 0.15) is 5.69 Å². The van der Waals surface area contributed by atoms with Gasteiger partial charge < -0.3 is 0 Å². The van der Waals surface area contributed by atoms with Crippen molar-refractivity contribution in [3.8, 4) is 11.3 Å². The quantitative estimate of drug-likeness (QED) is 0.489. The summed E-state index contributed by atoms with van der Waals surface area (Å²) in [4.78, 5) is 12.1. The van der Waals surface area contributed by atoms with E-state index in [4.69, 9.17) is 23.2 Å². The second-order valence-corrected chi connectivity index (χ2v) is 6.19. The number of hydrazone groups is 1. The molecule has 0 bridgehead atoms. The number of carbonyl (C=O) groups is 1. The summed E-state index contributed by atoms with van der Waals surface area (Å²) in [6.45, 7) is 0. The van der Waals surface area contributed by atoms with Gasteiger partial charge in [-0.2, -0.15) is 10.2 Å². The summed E-state index contributed by atoms with van der Waals surface area (Å²) < 4.78 is 0. The molecule has 0 aliphatic rings. The molecule has 1 heterocycles. The lowest BCUT2D eigenvalue weighted by atomic mass is 10.1. The third-order valence-corrected chi connectivity index (χ3v) is 3.83. The predicted molar refractivity (Wildman–Crippen MR) is 105 cm³/mol. The number of H-pyrrole nitrogens is 1. The number of nitrogens with one attached hydrogen (secondary N) is 2. The highest BCUT2D eigenvalue weighted by Crippen LogP contribution is 2.26. The van der Waals surface area contributed by atoms with Gasteiger partial charge in [-0.25, -0.2) is 5.43 Å². The van der Waals surface area contributed by atoms with Crippen LogP contribution in [0.15, 0.2) is 65.8 Å². The first kappa shape index (κ1) is 17.9. The first-order chi connectivity index (χ1) is 12.6. The molecule has 7 heteroatoms. The average Bonchev–Trinajstić information content (AvgIpc) is 3.12. The largest absolute Gasteiger partial charge is 0.289 e. The van der Waals surface area contributed by atoms with Gasteiger partial charge in [-0.05, 0) is 35.9 Å². The lowest BCUT2D eigenvalue weighted by Crippen LogP contribution is -2.17. The van der Waals surface area contributed by atoms with Crippen molar-refractivity contribution in [2.75, 3.05) is 0 Å².